The van der Waals surface area contributed by atoms with Gasteiger partial charge in [0.1, 0.15) is 5.82 Å². The molecular formula is C18H21N5S. The second-order valence-electron chi connectivity index (χ2n) is 6.51. The standard InChI is InChI=1S/C18H21N5S/c1-18(2,3)23-17-21-15(13-6-8-19-9-7-13)11-16(22-17)20-12-14-5-4-10-24-14/h4-11H,12H2,1-3H3,(H2,20,21,22,23). The third kappa shape index (κ3) is 4.52. The Balaban J connectivity index is 1.90. The SMILES string of the molecule is CC(C)(C)Nc1nc(NCc2cccs2)cc(-c2ccncc2)n1. The molecule has 0 aliphatic rings. The van der Waals surface area contributed by atoms with Gasteiger partial charge in [-0.2, -0.15) is 4.98 Å². The summed E-state index contributed by atoms with van der Waals surface area (Å²) >= 11 is 1.73. The van der Waals surface area contributed by atoms with E-state index in [1.807, 2.05) is 18.2 Å². The topological polar surface area (TPSA) is 62.7 Å². The van der Waals surface area contributed by atoms with Gasteiger partial charge < -0.3 is 10.6 Å². The zero-order chi connectivity index (χ0) is 17.0. The van der Waals surface area contributed by atoms with Gasteiger partial charge in [0.15, 0.2) is 0 Å². The van der Waals surface area contributed by atoms with Crippen LogP contribution in [0, 0.1) is 0 Å². The van der Waals surface area contributed by atoms with E-state index < -0.39 is 0 Å². The predicted octanol–water partition coefficient (Wildman–Crippen LogP) is 4.42. The summed E-state index contributed by atoms with van der Waals surface area (Å²) in [7, 11) is 0. The first-order valence-electron chi connectivity index (χ1n) is 7.83. The maximum atomic E-state index is 4.65. The number of pyridine rings is 1. The van der Waals surface area contributed by atoms with Crippen molar-refractivity contribution in [3.05, 3.63) is 53.0 Å². The zero-order valence-electron chi connectivity index (χ0n) is 14.1. The number of nitrogens with zero attached hydrogens (tertiary/aromatic N) is 3. The molecule has 0 atom stereocenters. The number of hydrogen-bond acceptors (Lipinski definition) is 6. The van der Waals surface area contributed by atoms with Crippen LogP contribution in [-0.2, 0) is 6.54 Å². The van der Waals surface area contributed by atoms with E-state index in [9.17, 15) is 0 Å². The van der Waals surface area contributed by atoms with Crippen LogP contribution in [0.4, 0.5) is 11.8 Å². The largest absolute Gasteiger partial charge is 0.365 e. The highest BCUT2D eigenvalue weighted by Gasteiger charge is 2.14. The van der Waals surface area contributed by atoms with Gasteiger partial charge in [-0.3, -0.25) is 4.98 Å². The maximum absolute atomic E-state index is 4.65. The summed E-state index contributed by atoms with van der Waals surface area (Å²) in [5.41, 5.74) is 1.78. The van der Waals surface area contributed by atoms with Gasteiger partial charge in [0.25, 0.3) is 0 Å². The molecule has 5 nitrogen and oxygen atoms in total. The lowest BCUT2D eigenvalue weighted by atomic mass is 10.1. The first kappa shape index (κ1) is 16.4. The Hall–Kier alpha value is -2.47. The van der Waals surface area contributed by atoms with Crippen LogP contribution in [-0.4, -0.2) is 20.5 Å². The summed E-state index contributed by atoms with van der Waals surface area (Å²) in [6.07, 6.45) is 3.54. The number of anilines is 2. The van der Waals surface area contributed by atoms with Crippen molar-refractivity contribution < 1.29 is 0 Å². The molecule has 3 aromatic rings. The Morgan fingerprint density at radius 3 is 2.54 bits per heavy atom. The molecule has 0 saturated carbocycles. The van der Waals surface area contributed by atoms with Crippen molar-refractivity contribution in [1.29, 1.82) is 0 Å². The predicted molar refractivity (Wildman–Crippen MR) is 100 cm³/mol. The van der Waals surface area contributed by atoms with E-state index in [0.29, 0.717) is 5.95 Å². The van der Waals surface area contributed by atoms with Gasteiger partial charge in [0.05, 0.1) is 12.2 Å². The highest BCUT2D eigenvalue weighted by molar-refractivity contribution is 7.09. The quantitative estimate of drug-likeness (QED) is 0.720. The molecule has 0 radical (unpaired) electrons. The Labute approximate surface area is 146 Å². The fourth-order valence-corrected chi connectivity index (χ4v) is 2.84. The van der Waals surface area contributed by atoms with Crippen LogP contribution >= 0.6 is 11.3 Å². The molecule has 6 heteroatoms. The zero-order valence-corrected chi connectivity index (χ0v) is 14.9. The van der Waals surface area contributed by atoms with E-state index in [-0.39, 0.29) is 5.54 Å². The van der Waals surface area contributed by atoms with E-state index in [1.54, 1.807) is 23.7 Å². The summed E-state index contributed by atoms with van der Waals surface area (Å²) < 4.78 is 0. The molecule has 0 amide bonds. The lowest BCUT2D eigenvalue weighted by Gasteiger charge is -2.21. The van der Waals surface area contributed by atoms with Gasteiger partial charge in [0.2, 0.25) is 5.95 Å². The molecule has 0 saturated heterocycles. The smallest absolute Gasteiger partial charge is 0.225 e. The van der Waals surface area contributed by atoms with Gasteiger partial charge in [-0.15, -0.1) is 11.3 Å². The van der Waals surface area contributed by atoms with Crippen molar-refractivity contribution in [3.63, 3.8) is 0 Å². The van der Waals surface area contributed by atoms with Gasteiger partial charge in [-0.05, 0) is 44.4 Å². The average molecular weight is 339 g/mol. The number of rotatable bonds is 5. The summed E-state index contributed by atoms with van der Waals surface area (Å²) in [5, 5.41) is 8.81. The van der Waals surface area contributed by atoms with Crippen LogP contribution in [0.1, 0.15) is 25.6 Å². The van der Waals surface area contributed by atoms with Crippen molar-refractivity contribution >= 4 is 23.1 Å². The summed E-state index contributed by atoms with van der Waals surface area (Å²) in [5.74, 6) is 1.42. The van der Waals surface area contributed by atoms with Crippen LogP contribution in [0.3, 0.4) is 0 Å². The van der Waals surface area contributed by atoms with E-state index in [1.165, 1.54) is 4.88 Å². The second kappa shape index (κ2) is 6.97. The van der Waals surface area contributed by atoms with Crippen molar-refractivity contribution in [3.8, 4) is 11.3 Å². The molecule has 24 heavy (non-hydrogen) atoms. The van der Waals surface area contributed by atoms with Gasteiger partial charge in [0, 0.05) is 34.4 Å². The van der Waals surface area contributed by atoms with Crippen molar-refractivity contribution in [1.82, 2.24) is 15.0 Å². The van der Waals surface area contributed by atoms with Crippen LogP contribution in [0.5, 0.6) is 0 Å². The van der Waals surface area contributed by atoms with Gasteiger partial charge in [-0.25, -0.2) is 4.98 Å². The number of aromatic nitrogens is 3. The molecule has 0 bridgehead atoms. The van der Waals surface area contributed by atoms with Crippen molar-refractivity contribution in [2.75, 3.05) is 10.6 Å². The third-order valence-electron chi connectivity index (χ3n) is 3.21. The molecule has 3 rings (SSSR count). The maximum Gasteiger partial charge on any atom is 0.225 e. The second-order valence-corrected chi connectivity index (χ2v) is 7.54. The molecule has 0 aromatic carbocycles. The van der Waals surface area contributed by atoms with Crippen LogP contribution in [0.25, 0.3) is 11.3 Å². The molecule has 0 aliphatic carbocycles. The molecule has 0 unspecified atom stereocenters. The Morgan fingerprint density at radius 2 is 1.88 bits per heavy atom. The summed E-state index contributed by atoms with van der Waals surface area (Å²) in [6, 6.07) is 10.0. The highest BCUT2D eigenvalue weighted by atomic mass is 32.1. The minimum atomic E-state index is -0.109. The Kier molecular flexibility index (Phi) is 4.76. The van der Waals surface area contributed by atoms with Crippen LogP contribution in [0.2, 0.25) is 0 Å². The fourth-order valence-electron chi connectivity index (χ4n) is 2.19. The molecule has 0 aliphatic heterocycles. The van der Waals surface area contributed by atoms with Gasteiger partial charge >= 0.3 is 0 Å². The molecule has 0 fully saturated rings. The third-order valence-corrected chi connectivity index (χ3v) is 4.09. The summed E-state index contributed by atoms with van der Waals surface area (Å²) in [4.78, 5) is 14.6. The molecule has 3 heterocycles. The van der Waals surface area contributed by atoms with Crippen molar-refractivity contribution in [2.24, 2.45) is 0 Å². The lowest BCUT2D eigenvalue weighted by molar-refractivity contribution is 0.626. The number of nitrogens with one attached hydrogen (secondary N) is 2. The van der Waals surface area contributed by atoms with Crippen molar-refractivity contribution in [2.45, 2.75) is 32.9 Å². The minimum Gasteiger partial charge on any atom is -0.365 e. The van der Waals surface area contributed by atoms with Crippen LogP contribution < -0.4 is 10.6 Å². The molecule has 2 N–H and O–H groups in total. The number of hydrogen-bond donors (Lipinski definition) is 2. The lowest BCUT2D eigenvalue weighted by Crippen LogP contribution is -2.27. The van der Waals surface area contributed by atoms with E-state index >= 15 is 0 Å². The van der Waals surface area contributed by atoms with E-state index in [4.69, 9.17) is 0 Å². The monoisotopic (exact) mass is 339 g/mol. The molecule has 3 aromatic heterocycles. The fraction of sp³-hybridized carbons (Fsp3) is 0.278. The average Bonchev–Trinajstić information content (AvgIpc) is 3.05. The highest BCUT2D eigenvalue weighted by Crippen LogP contribution is 2.23. The first-order chi connectivity index (χ1) is 11.5. The summed E-state index contributed by atoms with van der Waals surface area (Å²) in [6.45, 7) is 7.02. The molecule has 124 valence electrons. The molecular weight excluding hydrogens is 318 g/mol. The van der Waals surface area contributed by atoms with Gasteiger partial charge in [-0.1, -0.05) is 6.07 Å². The first-order valence-corrected chi connectivity index (χ1v) is 8.71. The molecule has 0 spiro atoms. The Morgan fingerprint density at radius 1 is 1.08 bits per heavy atom. The van der Waals surface area contributed by atoms with E-state index in [2.05, 4.69) is 63.9 Å². The number of thiophene rings is 1. The van der Waals surface area contributed by atoms with E-state index in [0.717, 1.165) is 23.6 Å². The van der Waals surface area contributed by atoms with Crippen LogP contribution in [0.15, 0.2) is 48.1 Å². The Bertz CT molecular complexity index is 779. The normalized spacial score (nSPS) is 11.3. The minimum absolute atomic E-state index is 0.109.